The number of hydrogen-bond acceptors (Lipinski definition) is 5. The summed E-state index contributed by atoms with van der Waals surface area (Å²) in [6.07, 6.45) is 16.8. The Morgan fingerprint density at radius 3 is 2.77 bits per heavy atom. The van der Waals surface area contributed by atoms with Crippen LogP contribution in [0.5, 0.6) is 0 Å². The average molecular weight is 419 g/mol. The van der Waals surface area contributed by atoms with E-state index >= 15 is 0 Å². The van der Waals surface area contributed by atoms with Crippen molar-refractivity contribution < 1.29 is 4.79 Å². The van der Waals surface area contributed by atoms with Gasteiger partial charge < -0.3 is 10.3 Å². The van der Waals surface area contributed by atoms with Gasteiger partial charge >= 0.3 is 0 Å². The van der Waals surface area contributed by atoms with E-state index in [1.54, 1.807) is 18.6 Å². The fraction of sp³-hybridized carbons (Fsp3) is 0.500. The third kappa shape index (κ3) is 4.32. The first-order valence-corrected chi connectivity index (χ1v) is 11.5. The topological polar surface area (TPSA) is 95.1 Å². The molecule has 2 saturated carbocycles. The number of hydrazone groups is 1. The van der Waals surface area contributed by atoms with Crippen molar-refractivity contribution in [3.63, 3.8) is 0 Å². The van der Waals surface area contributed by atoms with Gasteiger partial charge in [0.05, 0.1) is 11.8 Å². The van der Waals surface area contributed by atoms with Gasteiger partial charge in [0.25, 0.3) is 5.91 Å². The molecule has 0 unspecified atom stereocenters. The zero-order valence-corrected chi connectivity index (χ0v) is 18.1. The molecule has 3 aliphatic rings. The Labute approximate surface area is 182 Å². The quantitative estimate of drug-likeness (QED) is 0.430. The van der Waals surface area contributed by atoms with Crippen molar-refractivity contribution >= 4 is 17.7 Å². The average Bonchev–Trinajstić information content (AvgIpc) is 3.45. The molecule has 7 nitrogen and oxygen atoms in total. The second-order valence-corrected chi connectivity index (χ2v) is 8.92. The van der Waals surface area contributed by atoms with Crippen LogP contribution < -0.4 is 10.7 Å². The third-order valence-electron chi connectivity index (χ3n) is 6.63. The van der Waals surface area contributed by atoms with Gasteiger partial charge in [-0.2, -0.15) is 5.10 Å². The SMILES string of the molecule is Cc1[nH]c(C=C2C(=O)NN=C2c2cnccn2)c(C2CC2)c1CCCCNC1CCC1. The van der Waals surface area contributed by atoms with Crippen molar-refractivity contribution in [2.45, 2.75) is 70.3 Å². The molecule has 5 rings (SSSR count). The minimum absolute atomic E-state index is 0.196. The normalized spacial score (nSPS) is 20.1. The summed E-state index contributed by atoms with van der Waals surface area (Å²) >= 11 is 0. The summed E-state index contributed by atoms with van der Waals surface area (Å²) in [7, 11) is 0. The highest BCUT2D eigenvalue weighted by Gasteiger charge is 2.32. The maximum atomic E-state index is 12.5. The lowest BCUT2D eigenvalue weighted by Gasteiger charge is -2.26. The molecule has 0 saturated heterocycles. The van der Waals surface area contributed by atoms with Crippen molar-refractivity contribution in [1.29, 1.82) is 0 Å². The smallest absolute Gasteiger partial charge is 0.273 e. The molecule has 2 aromatic heterocycles. The molecule has 1 aliphatic heterocycles. The van der Waals surface area contributed by atoms with Gasteiger partial charge in [0.1, 0.15) is 11.4 Å². The highest BCUT2D eigenvalue weighted by molar-refractivity contribution is 6.32. The molecule has 0 bridgehead atoms. The molecular weight excluding hydrogens is 388 g/mol. The number of H-pyrrole nitrogens is 1. The number of amides is 1. The number of nitrogens with zero attached hydrogens (tertiary/aromatic N) is 3. The zero-order chi connectivity index (χ0) is 21.2. The Hall–Kier alpha value is -2.80. The molecule has 2 fully saturated rings. The molecule has 0 spiro atoms. The molecule has 3 N–H and O–H groups in total. The van der Waals surface area contributed by atoms with Crippen LogP contribution in [0.1, 0.15) is 79.1 Å². The van der Waals surface area contributed by atoms with E-state index in [1.165, 1.54) is 61.8 Å². The Kier molecular flexibility index (Phi) is 5.68. The van der Waals surface area contributed by atoms with E-state index in [1.807, 2.05) is 6.08 Å². The van der Waals surface area contributed by atoms with Crippen molar-refractivity contribution in [3.05, 3.63) is 52.4 Å². The number of carbonyl (C=O) groups excluding carboxylic acids is 1. The second-order valence-electron chi connectivity index (χ2n) is 8.92. The fourth-order valence-electron chi connectivity index (χ4n) is 4.56. The van der Waals surface area contributed by atoms with Crippen LogP contribution in [0.2, 0.25) is 0 Å². The van der Waals surface area contributed by atoms with E-state index in [-0.39, 0.29) is 5.91 Å². The summed E-state index contributed by atoms with van der Waals surface area (Å²) in [4.78, 5) is 24.5. The van der Waals surface area contributed by atoms with Gasteiger partial charge in [0, 0.05) is 29.8 Å². The standard InChI is InChI=1S/C24H30N6O/c1-15-18(7-2-3-10-26-17-5-4-6-17)22(16-8-9-16)20(28-15)13-19-23(29-30-24(19)31)21-14-25-11-12-27-21/h11-14,16-17,26,28H,2-10H2,1H3,(H,30,31). The number of aryl methyl sites for hydroxylation is 1. The van der Waals surface area contributed by atoms with Crippen LogP contribution in [0.25, 0.3) is 6.08 Å². The summed E-state index contributed by atoms with van der Waals surface area (Å²) in [5, 5.41) is 7.87. The van der Waals surface area contributed by atoms with Crippen LogP contribution in [0.3, 0.4) is 0 Å². The summed E-state index contributed by atoms with van der Waals surface area (Å²) in [6, 6.07) is 0.761. The summed E-state index contributed by atoms with van der Waals surface area (Å²) in [5.74, 6) is 0.402. The van der Waals surface area contributed by atoms with Crippen LogP contribution >= 0.6 is 0 Å². The van der Waals surface area contributed by atoms with Crippen LogP contribution in [0, 0.1) is 6.92 Å². The molecule has 1 amide bonds. The Balaban J connectivity index is 1.35. The number of carbonyl (C=O) groups is 1. The Morgan fingerprint density at radius 1 is 1.19 bits per heavy atom. The van der Waals surface area contributed by atoms with E-state index in [9.17, 15) is 4.79 Å². The molecule has 0 atom stereocenters. The highest BCUT2D eigenvalue weighted by Crippen LogP contribution is 2.45. The lowest BCUT2D eigenvalue weighted by Crippen LogP contribution is -2.35. The number of aromatic nitrogens is 3. The van der Waals surface area contributed by atoms with Gasteiger partial charge in [-0.3, -0.25) is 14.8 Å². The maximum Gasteiger partial charge on any atom is 0.273 e. The lowest BCUT2D eigenvalue weighted by atomic mass is 9.93. The van der Waals surface area contributed by atoms with Gasteiger partial charge in [-0.05, 0) is 81.5 Å². The lowest BCUT2D eigenvalue weighted by molar-refractivity contribution is -0.116. The largest absolute Gasteiger partial charge is 0.359 e. The second kappa shape index (κ2) is 8.75. The molecule has 3 heterocycles. The van der Waals surface area contributed by atoms with Crippen LogP contribution in [-0.4, -0.2) is 39.2 Å². The van der Waals surface area contributed by atoms with Gasteiger partial charge in [-0.1, -0.05) is 6.42 Å². The van der Waals surface area contributed by atoms with E-state index < -0.39 is 0 Å². The van der Waals surface area contributed by atoms with Crippen LogP contribution in [0.15, 0.2) is 29.3 Å². The number of nitrogens with one attached hydrogen (secondary N) is 3. The van der Waals surface area contributed by atoms with E-state index in [4.69, 9.17) is 0 Å². The number of rotatable bonds is 9. The summed E-state index contributed by atoms with van der Waals surface area (Å²) in [6.45, 7) is 3.27. The van der Waals surface area contributed by atoms with Crippen LogP contribution in [0.4, 0.5) is 0 Å². The van der Waals surface area contributed by atoms with E-state index in [2.05, 4.69) is 37.7 Å². The first kappa shape index (κ1) is 20.1. The maximum absolute atomic E-state index is 12.5. The molecule has 162 valence electrons. The molecule has 2 aliphatic carbocycles. The molecule has 0 radical (unpaired) electrons. The number of aromatic amines is 1. The molecule has 7 heteroatoms. The number of unbranched alkanes of at least 4 members (excludes halogenated alkanes) is 1. The predicted octanol–water partition coefficient (Wildman–Crippen LogP) is 3.37. The van der Waals surface area contributed by atoms with Crippen molar-refractivity contribution in [2.75, 3.05) is 6.54 Å². The van der Waals surface area contributed by atoms with Gasteiger partial charge in [0.2, 0.25) is 0 Å². The molecule has 2 aromatic rings. The van der Waals surface area contributed by atoms with Gasteiger partial charge in [-0.15, -0.1) is 0 Å². The fourth-order valence-corrected chi connectivity index (χ4v) is 4.56. The summed E-state index contributed by atoms with van der Waals surface area (Å²) < 4.78 is 0. The molecule has 31 heavy (non-hydrogen) atoms. The first-order valence-electron chi connectivity index (χ1n) is 11.5. The minimum atomic E-state index is -0.196. The first-order chi connectivity index (χ1) is 15.2. The Morgan fingerprint density at radius 2 is 2.06 bits per heavy atom. The molecule has 0 aromatic carbocycles. The monoisotopic (exact) mass is 418 g/mol. The third-order valence-corrected chi connectivity index (χ3v) is 6.63. The number of hydrogen-bond donors (Lipinski definition) is 3. The minimum Gasteiger partial charge on any atom is -0.359 e. The van der Waals surface area contributed by atoms with Crippen LogP contribution in [-0.2, 0) is 11.2 Å². The summed E-state index contributed by atoms with van der Waals surface area (Å²) in [5.41, 5.74) is 9.38. The van der Waals surface area contributed by atoms with Gasteiger partial charge in [-0.25, -0.2) is 5.43 Å². The van der Waals surface area contributed by atoms with Crippen molar-refractivity contribution in [1.82, 2.24) is 25.7 Å². The van der Waals surface area contributed by atoms with E-state index in [0.29, 0.717) is 22.9 Å². The Bertz CT molecular complexity index is 1010. The van der Waals surface area contributed by atoms with E-state index in [0.717, 1.165) is 24.7 Å². The predicted molar refractivity (Wildman–Crippen MR) is 121 cm³/mol. The van der Waals surface area contributed by atoms with Crippen molar-refractivity contribution in [3.8, 4) is 0 Å². The molecular formula is C24H30N6O. The zero-order valence-electron chi connectivity index (χ0n) is 18.1. The van der Waals surface area contributed by atoms with Gasteiger partial charge in [0.15, 0.2) is 0 Å². The highest BCUT2D eigenvalue weighted by atomic mass is 16.2. The van der Waals surface area contributed by atoms with Crippen molar-refractivity contribution in [2.24, 2.45) is 5.10 Å².